The van der Waals surface area contributed by atoms with Gasteiger partial charge in [-0.25, -0.2) is 0 Å². The Hall–Kier alpha value is -2.10. The lowest BCUT2D eigenvalue weighted by Crippen LogP contribution is -2.42. The third kappa shape index (κ3) is 5.67. The van der Waals surface area contributed by atoms with E-state index < -0.39 is 12.3 Å². The predicted molar refractivity (Wildman–Crippen MR) is 136 cm³/mol. The maximum Gasteiger partial charge on any atom is 0.128 e. The molecule has 7 nitrogen and oxygen atoms in total. The summed E-state index contributed by atoms with van der Waals surface area (Å²) in [6.45, 7) is 4.19. The monoisotopic (exact) mass is 516 g/mol. The molecule has 3 heterocycles. The Morgan fingerprint density at radius 3 is 1.97 bits per heavy atom. The molecule has 0 saturated carbocycles. The molecule has 0 aliphatic carbocycles. The third-order valence-corrected chi connectivity index (χ3v) is 7.10. The van der Waals surface area contributed by atoms with Crippen LogP contribution in [0.2, 0.25) is 10.0 Å². The van der Waals surface area contributed by atoms with E-state index in [1.54, 1.807) is 24.5 Å². The Balaban J connectivity index is 1.83. The van der Waals surface area contributed by atoms with Crippen LogP contribution in [0.25, 0.3) is 0 Å². The lowest BCUT2D eigenvalue weighted by atomic mass is 9.86. The zero-order chi connectivity index (χ0) is 25.3. The molecule has 35 heavy (non-hydrogen) atoms. The number of nitrogens with zero attached hydrogens (tertiary/aromatic N) is 3. The van der Waals surface area contributed by atoms with Crippen LogP contribution in [-0.4, -0.2) is 36.3 Å². The highest BCUT2D eigenvalue weighted by Crippen LogP contribution is 2.44. The Kier molecular flexibility index (Phi) is 8.08. The van der Waals surface area contributed by atoms with Crippen molar-refractivity contribution in [2.45, 2.75) is 64.3 Å². The van der Waals surface area contributed by atoms with Crippen LogP contribution in [0.5, 0.6) is 0 Å². The van der Waals surface area contributed by atoms with Crippen molar-refractivity contribution >= 4 is 23.2 Å². The molecule has 1 fully saturated rings. The Labute approximate surface area is 215 Å². The molecule has 0 spiro atoms. The molecule has 1 saturated heterocycles. The van der Waals surface area contributed by atoms with Gasteiger partial charge in [-0.1, -0.05) is 35.3 Å². The number of benzene rings is 1. The molecule has 2 aromatic heterocycles. The third-order valence-electron chi connectivity index (χ3n) is 6.69. The lowest BCUT2D eigenvalue weighted by Gasteiger charge is -2.44. The van der Waals surface area contributed by atoms with Gasteiger partial charge < -0.3 is 21.1 Å². The smallest absolute Gasteiger partial charge is 0.128 e. The maximum atomic E-state index is 10.9. The number of pyridine rings is 2. The van der Waals surface area contributed by atoms with E-state index in [4.69, 9.17) is 28.9 Å². The van der Waals surface area contributed by atoms with Gasteiger partial charge >= 0.3 is 0 Å². The van der Waals surface area contributed by atoms with Crippen LogP contribution in [0.15, 0.2) is 42.7 Å². The van der Waals surface area contributed by atoms with Crippen molar-refractivity contribution in [2.24, 2.45) is 5.73 Å². The van der Waals surface area contributed by atoms with Gasteiger partial charge in [0.25, 0.3) is 0 Å². The summed E-state index contributed by atoms with van der Waals surface area (Å²) < 4.78 is 0. The van der Waals surface area contributed by atoms with Gasteiger partial charge in [0.05, 0.1) is 46.2 Å². The van der Waals surface area contributed by atoms with Crippen molar-refractivity contribution in [1.29, 1.82) is 0 Å². The summed E-state index contributed by atoms with van der Waals surface area (Å²) in [4.78, 5) is 11.6. The summed E-state index contributed by atoms with van der Waals surface area (Å²) in [6.07, 6.45) is 2.56. The van der Waals surface area contributed by atoms with Gasteiger partial charge in [0.1, 0.15) is 6.23 Å². The second-order valence-corrected chi connectivity index (χ2v) is 10.0. The van der Waals surface area contributed by atoms with Gasteiger partial charge in [-0.05, 0) is 72.7 Å². The normalized spacial score (nSPS) is 21.8. The number of aromatic nitrogens is 2. The number of piperidine rings is 1. The first kappa shape index (κ1) is 26.0. The van der Waals surface area contributed by atoms with Crippen LogP contribution in [-0.2, 0) is 13.2 Å². The Morgan fingerprint density at radius 2 is 1.51 bits per heavy atom. The van der Waals surface area contributed by atoms with Crippen LogP contribution in [0.4, 0.5) is 0 Å². The van der Waals surface area contributed by atoms with Gasteiger partial charge in [-0.3, -0.25) is 14.9 Å². The van der Waals surface area contributed by atoms with E-state index >= 15 is 0 Å². The molecule has 186 valence electrons. The minimum atomic E-state index is -1.12. The first-order chi connectivity index (χ1) is 16.7. The molecule has 5 N–H and O–H groups in total. The Bertz CT molecular complexity index is 1150. The molecule has 4 rings (SSSR count). The fourth-order valence-corrected chi connectivity index (χ4v) is 5.41. The zero-order valence-corrected chi connectivity index (χ0v) is 21.2. The number of hydrogen-bond acceptors (Lipinski definition) is 7. The van der Waals surface area contributed by atoms with Gasteiger partial charge in [-0.15, -0.1) is 0 Å². The number of likely N-dealkylation sites (tertiary alicyclic amines) is 1. The number of aliphatic hydroxyl groups excluding tert-OH is 3. The minimum Gasteiger partial charge on any atom is -0.393 e. The summed E-state index contributed by atoms with van der Waals surface area (Å²) in [5, 5.41) is 31.9. The van der Waals surface area contributed by atoms with Gasteiger partial charge in [0.2, 0.25) is 0 Å². The summed E-state index contributed by atoms with van der Waals surface area (Å²) in [6, 6.07) is 8.68. The number of hydrogen-bond donors (Lipinski definition) is 4. The molecule has 4 atom stereocenters. The van der Waals surface area contributed by atoms with E-state index in [1.165, 1.54) is 0 Å². The maximum absolute atomic E-state index is 10.9. The van der Waals surface area contributed by atoms with Crippen molar-refractivity contribution in [3.63, 3.8) is 0 Å². The van der Waals surface area contributed by atoms with Gasteiger partial charge in [-0.2, -0.15) is 0 Å². The molecular formula is C26H30Cl2N4O3. The first-order valence-corrected chi connectivity index (χ1v) is 12.3. The van der Waals surface area contributed by atoms with Crippen molar-refractivity contribution in [3.8, 4) is 0 Å². The number of nitrogens with two attached hydrogens (primary N) is 1. The molecule has 1 aliphatic rings. The molecule has 0 amide bonds. The van der Waals surface area contributed by atoms with E-state index in [0.717, 1.165) is 28.1 Å². The average molecular weight is 517 g/mol. The van der Waals surface area contributed by atoms with Crippen LogP contribution < -0.4 is 5.73 Å². The highest BCUT2D eigenvalue weighted by molar-refractivity contribution is 6.30. The van der Waals surface area contributed by atoms with Crippen molar-refractivity contribution in [3.05, 3.63) is 92.0 Å². The standard InChI is InChI=1S/C26H30Cl2N4O3/c1-14-5-19(27)10-30-24(14)22-8-21(34)9-23(25-15(2)6-20(28)11-31-25)32(22)12-17-4-3-16(26(29)35)7-18(17)13-33/h3-7,10-11,21-23,26,33-35H,8-9,12-13,29H2,1-2H3/t21?,22-,23+,26?. The summed E-state index contributed by atoms with van der Waals surface area (Å²) in [7, 11) is 0. The Morgan fingerprint density at radius 1 is 0.971 bits per heavy atom. The van der Waals surface area contributed by atoms with Crippen LogP contribution >= 0.6 is 23.2 Å². The van der Waals surface area contributed by atoms with E-state index in [9.17, 15) is 15.3 Å². The summed E-state index contributed by atoms with van der Waals surface area (Å²) in [5.41, 5.74) is 11.3. The van der Waals surface area contributed by atoms with Crippen LogP contribution in [0.1, 0.15) is 70.4 Å². The first-order valence-electron chi connectivity index (χ1n) is 11.5. The van der Waals surface area contributed by atoms with Crippen molar-refractivity contribution in [2.75, 3.05) is 0 Å². The van der Waals surface area contributed by atoms with E-state index in [1.807, 2.05) is 32.0 Å². The molecular weight excluding hydrogens is 487 g/mol. The van der Waals surface area contributed by atoms with Gasteiger partial charge in [0, 0.05) is 18.9 Å². The van der Waals surface area contributed by atoms with E-state index in [-0.39, 0.29) is 18.7 Å². The molecule has 1 aliphatic heterocycles. The second kappa shape index (κ2) is 10.9. The molecule has 9 heteroatoms. The van der Waals surface area contributed by atoms with E-state index in [2.05, 4.69) is 14.9 Å². The minimum absolute atomic E-state index is 0.196. The quantitative estimate of drug-likeness (QED) is 0.361. The average Bonchev–Trinajstić information content (AvgIpc) is 2.80. The zero-order valence-electron chi connectivity index (χ0n) is 19.7. The number of rotatable bonds is 6. The topological polar surface area (TPSA) is 116 Å². The molecule has 3 aromatic rings. The fraction of sp³-hybridized carbons (Fsp3) is 0.385. The van der Waals surface area contributed by atoms with E-state index in [0.29, 0.717) is 40.6 Å². The highest BCUT2D eigenvalue weighted by atomic mass is 35.5. The molecule has 0 radical (unpaired) electrons. The number of aliphatic hydroxyl groups is 3. The molecule has 2 unspecified atom stereocenters. The summed E-state index contributed by atoms with van der Waals surface area (Å²) in [5.74, 6) is 0. The SMILES string of the molecule is Cc1cc(Cl)cnc1[C@H]1CC(O)C[C@@H](c2ncc(Cl)cc2C)N1Cc1ccc(C(N)O)cc1CO. The predicted octanol–water partition coefficient (Wildman–Crippen LogP) is 4.28. The van der Waals surface area contributed by atoms with Gasteiger partial charge in [0.15, 0.2) is 0 Å². The van der Waals surface area contributed by atoms with Crippen molar-refractivity contribution in [1.82, 2.24) is 14.9 Å². The lowest BCUT2D eigenvalue weighted by molar-refractivity contribution is -0.0110. The highest BCUT2D eigenvalue weighted by Gasteiger charge is 2.39. The number of aryl methyl sites for hydroxylation is 2. The summed E-state index contributed by atoms with van der Waals surface area (Å²) >= 11 is 12.4. The van der Waals surface area contributed by atoms with Crippen LogP contribution in [0, 0.1) is 13.8 Å². The molecule has 1 aromatic carbocycles. The van der Waals surface area contributed by atoms with Crippen LogP contribution in [0.3, 0.4) is 0 Å². The largest absolute Gasteiger partial charge is 0.393 e. The molecule has 0 bridgehead atoms. The van der Waals surface area contributed by atoms with Crippen molar-refractivity contribution < 1.29 is 15.3 Å². The fourth-order valence-electron chi connectivity index (χ4n) is 4.99. The second-order valence-electron chi connectivity index (χ2n) is 9.17. The number of halogens is 2.